The highest BCUT2D eigenvalue weighted by Gasteiger charge is 2.23. The highest BCUT2D eigenvalue weighted by Crippen LogP contribution is 2.28. The van der Waals surface area contributed by atoms with Crippen LogP contribution in [0.3, 0.4) is 0 Å². The van der Waals surface area contributed by atoms with Crippen LogP contribution in [0.1, 0.15) is 11.7 Å². The maximum Gasteiger partial charge on any atom is 0.178 e. The molecular weight excluding hydrogens is 188 g/mol. The molecule has 2 unspecified atom stereocenters. The van der Waals surface area contributed by atoms with Gasteiger partial charge in [0.25, 0.3) is 0 Å². The van der Waals surface area contributed by atoms with Crippen molar-refractivity contribution in [3.8, 4) is 0 Å². The Kier molecular flexibility index (Phi) is 2.28. The zero-order valence-corrected chi connectivity index (χ0v) is 7.25. The Morgan fingerprint density at radius 2 is 2.07 bits per heavy atom. The quantitative estimate of drug-likeness (QED) is 0.665. The van der Waals surface area contributed by atoms with Crippen LogP contribution in [0.25, 0.3) is 11.2 Å². The van der Waals surface area contributed by atoms with Crippen molar-refractivity contribution >= 4 is 11.2 Å². The van der Waals surface area contributed by atoms with Gasteiger partial charge in [-0.2, -0.15) is 0 Å². The fourth-order valence-electron chi connectivity index (χ4n) is 1.29. The first-order valence-electron chi connectivity index (χ1n) is 4.15. The van der Waals surface area contributed by atoms with Gasteiger partial charge in [0.1, 0.15) is 18.5 Å². The maximum absolute atomic E-state index is 9.56. The first-order chi connectivity index (χ1) is 6.74. The number of furan rings is 2. The summed E-state index contributed by atoms with van der Waals surface area (Å²) >= 11 is 0. The lowest BCUT2D eigenvalue weighted by Gasteiger charge is -2.12. The molecule has 2 aromatic rings. The van der Waals surface area contributed by atoms with E-state index in [4.69, 9.17) is 13.9 Å². The Hall–Kier alpha value is -1.30. The lowest BCUT2D eigenvalue weighted by atomic mass is 10.1. The van der Waals surface area contributed by atoms with Gasteiger partial charge in [-0.25, -0.2) is 0 Å². The lowest BCUT2D eigenvalue weighted by molar-refractivity contribution is -0.0152. The first kappa shape index (κ1) is 9.26. The average Bonchev–Trinajstić information content (AvgIpc) is 2.76. The van der Waals surface area contributed by atoms with Crippen LogP contribution in [0.2, 0.25) is 0 Å². The summed E-state index contributed by atoms with van der Waals surface area (Å²) in [6.45, 7) is -0.519. The van der Waals surface area contributed by atoms with E-state index in [1.807, 2.05) is 0 Å². The number of aliphatic hydroxyl groups excluding tert-OH is 3. The first-order valence-corrected chi connectivity index (χ1v) is 4.15. The van der Waals surface area contributed by atoms with E-state index in [0.717, 1.165) is 0 Å². The van der Waals surface area contributed by atoms with E-state index in [9.17, 15) is 10.2 Å². The van der Waals surface area contributed by atoms with Crippen molar-refractivity contribution in [1.82, 2.24) is 0 Å². The molecule has 3 N–H and O–H groups in total. The third-order valence-corrected chi connectivity index (χ3v) is 2.07. The van der Waals surface area contributed by atoms with Gasteiger partial charge < -0.3 is 24.2 Å². The molecule has 2 aromatic heterocycles. The third kappa shape index (κ3) is 1.31. The SMILES string of the molecule is OCC(O)C(O)c1coc2ccoc12. The van der Waals surface area contributed by atoms with Crippen molar-refractivity contribution in [2.45, 2.75) is 12.2 Å². The van der Waals surface area contributed by atoms with Crippen LogP contribution in [-0.2, 0) is 0 Å². The van der Waals surface area contributed by atoms with Gasteiger partial charge in [0, 0.05) is 6.07 Å². The molecule has 0 fully saturated rings. The van der Waals surface area contributed by atoms with Crippen molar-refractivity contribution in [3.63, 3.8) is 0 Å². The predicted octanol–water partition coefficient (Wildman–Crippen LogP) is 0.412. The summed E-state index contributed by atoms with van der Waals surface area (Å²) in [7, 11) is 0. The zero-order valence-electron chi connectivity index (χ0n) is 7.25. The molecule has 0 spiro atoms. The molecule has 0 aliphatic rings. The van der Waals surface area contributed by atoms with Crippen molar-refractivity contribution < 1.29 is 24.2 Å². The van der Waals surface area contributed by atoms with E-state index >= 15 is 0 Å². The molecule has 2 atom stereocenters. The lowest BCUT2D eigenvalue weighted by Crippen LogP contribution is -2.21. The van der Waals surface area contributed by atoms with E-state index in [1.54, 1.807) is 6.07 Å². The summed E-state index contributed by atoms with van der Waals surface area (Å²) in [6.07, 6.45) is 0.293. The van der Waals surface area contributed by atoms with Crippen molar-refractivity contribution in [2.75, 3.05) is 6.61 Å². The summed E-state index contributed by atoms with van der Waals surface area (Å²) in [5.41, 5.74) is 1.24. The van der Waals surface area contributed by atoms with Crippen LogP contribution in [0.4, 0.5) is 0 Å². The van der Waals surface area contributed by atoms with Gasteiger partial charge in [0.05, 0.1) is 18.4 Å². The number of fused-ring (bicyclic) bond motifs is 1. The largest absolute Gasteiger partial charge is 0.460 e. The Balaban J connectivity index is 2.38. The fraction of sp³-hybridized carbons (Fsp3) is 0.333. The highest BCUT2D eigenvalue weighted by atomic mass is 16.4. The zero-order chi connectivity index (χ0) is 10.1. The Labute approximate surface area is 79.2 Å². The normalized spacial score (nSPS) is 15.9. The molecule has 5 heteroatoms. The van der Waals surface area contributed by atoms with Gasteiger partial charge in [-0.15, -0.1) is 0 Å². The maximum atomic E-state index is 9.56. The number of hydrogen-bond donors (Lipinski definition) is 3. The molecule has 0 aliphatic carbocycles. The minimum absolute atomic E-state index is 0.339. The van der Waals surface area contributed by atoms with Crippen LogP contribution in [0.15, 0.2) is 27.4 Å². The van der Waals surface area contributed by atoms with Gasteiger partial charge in [0.15, 0.2) is 11.2 Å². The Bertz CT molecular complexity index is 415. The molecule has 0 amide bonds. The number of aliphatic hydroxyl groups is 3. The van der Waals surface area contributed by atoms with E-state index in [2.05, 4.69) is 0 Å². The topological polar surface area (TPSA) is 87.0 Å². The molecule has 0 saturated heterocycles. The van der Waals surface area contributed by atoms with Gasteiger partial charge in [-0.1, -0.05) is 0 Å². The Morgan fingerprint density at radius 3 is 2.79 bits per heavy atom. The molecular formula is C9H10O5. The number of hydrogen-bond acceptors (Lipinski definition) is 5. The van der Waals surface area contributed by atoms with Crippen molar-refractivity contribution in [3.05, 3.63) is 24.2 Å². The van der Waals surface area contributed by atoms with Crippen LogP contribution < -0.4 is 0 Å². The Morgan fingerprint density at radius 1 is 1.29 bits per heavy atom. The summed E-state index contributed by atoms with van der Waals surface area (Å²) in [5, 5.41) is 27.4. The van der Waals surface area contributed by atoms with Gasteiger partial charge in [-0.3, -0.25) is 0 Å². The second-order valence-corrected chi connectivity index (χ2v) is 3.00. The molecule has 0 aromatic carbocycles. The van der Waals surface area contributed by atoms with E-state index in [-0.39, 0.29) is 0 Å². The summed E-state index contributed by atoms with van der Waals surface area (Å²) in [4.78, 5) is 0. The fourth-order valence-corrected chi connectivity index (χ4v) is 1.29. The van der Waals surface area contributed by atoms with Crippen LogP contribution in [0, 0.1) is 0 Å². The molecule has 0 bridgehead atoms. The van der Waals surface area contributed by atoms with Gasteiger partial charge in [0.2, 0.25) is 0 Å². The second-order valence-electron chi connectivity index (χ2n) is 3.00. The summed E-state index contributed by atoms with van der Waals surface area (Å²) in [6, 6.07) is 1.61. The summed E-state index contributed by atoms with van der Waals surface area (Å²) < 4.78 is 10.1. The highest BCUT2D eigenvalue weighted by molar-refractivity contribution is 5.74. The molecule has 5 nitrogen and oxygen atoms in total. The molecule has 2 rings (SSSR count). The third-order valence-electron chi connectivity index (χ3n) is 2.07. The van der Waals surface area contributed by atoms with Crippen LogP contribution >= 0.6 is 0 Å². The molecule has 0 radical (unpaired) electrons. The predicted molar refractivity (Wildman–Crippen MR) is 46.5 cm³/mol. The molecule has 14 heavy (non-hydrogen) atoms. The van der Waals surface area contributed by atoms with Crippen LogP contribution in [0.5, 0.6) is 0 Å². The monoisotopic (exact) mass is 198 g/mol. The molecule has 0 saturated carbocycles. The van der Waals surface area contributed by atoms with Crippen molar-refractivity contribution in [2.24, 2.45) is 0 Å². The smallest absolute Gasteiger partial charge is 0.178 e. The van der Waals surface area contributed by atoms with Gasteiger partial charge >= 0.3 is 0 Å². The minimum Gasteiger partial charge on any atom is -0.460 e. The molecule has 76 valence electrons. The standard InChI is InChI=1S/C9H10O5/c10-3-6(11)8(12)5-4-14-7-1-2-13-9(5)7/h1-2,4,6,8,10-12H,3H2. The average molecular weight is 198 g/mol. The molecule has 0 aliphatic heterocycles. The van der Waals surface area contributed by atoms with Crippen molar-refractivity contribution in [1.29, 1.82) is 0 Å². The van der Waals surface area contributed by atoms with E-state index in [0.29, 0.717) is 16.7 Å². The van der Waals surface area contributed by atoms with E-state index < -0.39 is 18.8 Å². The summed E-state index contributed by atoms with van der Waals surface area (Å²) in [5.74, 6) is 0. The molecule has 2 heterocycles. The van der Waals surface area contributed by atoms with Gasteiger partial charge in [-0.05, 0) is 0 Å². The van der Waals surface area contributed by atoms with Crippen LogP contribution in [-0.4, -0.2) is 28.0 Å². The second kappa shape index (κ2) is 3.45. The number of rotatable bonds is 3. The van der Waals surface area contributed by atoms with E-state index in [1.165, 1.54) is 12.5 Å². The minimum atomic E-state index is -1.24.